The lowest BCUT2D eigenvalue weighted by atomic mass is 9.79. The van der Waals surface area contributed by atoms with Gasteiger partial charge in [0, 0.05) is 43.7 Å². The topological polar surface area (TPSA) is 9.86 Å². The predicted octanol–water partition coefficient (Wildman–Crippen LogP) is 20.3. The molecule has 0 saturated carbocycles. The number of aromatic nitrogens is 2. The molecule has 2 aliphatic carbocycles. The van der Waals surface area contributed by atoms with Crippen molar-refractivity contribution in [2.75, 3.05) is 0 Å². The van der Waals surface area contributed by atoms with E-state index in [0.717, 1.165) is 0 Å². The molecule has 78 heavy (non-hydrogen) atoms. The van der Waals surface area contributed by atoms with E-state index < -0.39 is 0 Å². The lowest BCUT2D eigenvalue weighted by Crippen LogP contribution is -2.17. The first kappa shape index (κ1) is 46.1. The van der Waals surface area contributed by atoms with Gasteiger partial charge in [0.15, 0.2) is 0 Å². The number of aryl methyl sites for hydroxylation is 2. The fourth-order valence-corrected chi connectivity index (χ4v) is 13.6. The third kappa shape index (κ3) is 7.09. The predicted molar refractivity (Wildman–Crippen MR) is 331 cm³/mol. The Balaban J connectivity index is 0.678. The maximum atomic E-state index is 2.53. The molecule has 0 amide bonds. The highest BCUT2D eigenvalue weighted by atomic mass is 15.0. The molecule has 2 aromatic heterocycles. The Kier molecular flexibility index (Phi) is 10.1. The van der Waals surface area contributed by atoms with E-state index in [1.807, 2.05) is 0 Å². The molecular formula is C76H58N2. The molecule has 2 nitrogen and oxygen atoms in total. The highest BCUT2D eigenvalue weighted by Crippen LogP contribution is 2.57. The quantitative estimate of drug-likeness (QED) is 0.141. The summed E-state index contributed by atoms with van der Waals surface area (Å²) in [6.45, 7) is 14.0. The number of para-hydroxylation sites is 3. The highest BCUT2D eigenvalue weighted by Gasteiger charge is 2.42. The Bertz CT molecular complexity index is 4630. The fourth-order valence-electron chi connectivity index (χ4n) is 13.6. The van der Waals surface area contributed by atoms with Crippen molar-refractivity contribution in [2.24, 2.45) is 0 Å². The Morgan fingerprint density at radius 2 is 0.654 bits per heavy atom. The van der Waals surface area contributed by atoms with Crippen LogP contribution in [-0.4, -0.2) is 9.13 Å². The molecule has 0 atom stereocenters. The van der Waals surface area contributed by atoms with Crippen LogP contribution in [0.4, 0.5) is 0 Å². The van der Waals surface area contributed by atoms with Crippen LogP contribution in [-0.2, 0) is 10.8 Å². The molecule has 15 rings (SSSR count). The minimum Gasteiger partial charge on any atom is -0.309 e. The van der Waals surface area contributed by atoms with Gasteiger partial charge in [-0.15, -0.1) is 0 Å². The average Bonchev–Trinajstić information content (AvgIpc) is 3.50. The van der Waals surface area contributed by atoms with Crippen molar-refractivity contribution in [3.05, 3.63) is 275 Å². The van der Waals surface area contributed by atoms with Crippen LogP contribution in [0.1, 0.15) is 72.2 Å². The van der Waals surface area contributed by atoms with Gasteiger partial charge in [0.2, 0.25) is 0 Å². The van der Waals surface area contributed by atoms with E-state index in [0.29, 0.717) is 0 Å². The SMILES string of the molecule is Cc1cc(C)cc(-n2c3ccccc3c3cc(-c4ccc5c(c4)C(C)(C)c4cc6c(cc4-5)C(C)(C)c4cc(-c5ccc(/C=C/c7ccc(-c8ccc9c(c8)c8ccccc8n9-c8ccccc8)cc7)cc5)ccc4-6)ccc32)c1. The maximum absolute atomic E-state index is 2.53. The van der Waals surface area contributed by atoms with Gasteiger partial charge < -0.3 is 9.13 Å². The first-order chi connectivity index (χ1) is 38.0. The summed E-state index contributed by atoms with van der Waals surface area (Å²) in [4.78, 5) is 0. The molecule has 11 aromatic carbocycles. The Morgan fingerprint density at radius 1 is 0.282 bits per heavy atom. The Hall–Kier alpha value is -9.24. The third-order valence-corrected chi connectivity index (χ3v) is 17.6. The number of nitrogens with zero attached hydrogens (tertiary/aromatic N) is 2. The van der Waals surface area contributed by atoms with Gasteiger partial charge in [-0.3, -0.25) is 0 Å². The molecular weight excluding hydrogens is 941 g/mol. The summed E-state index contributed by atoms with van der Waals surface area (Å²) in [6.07, 6.45) is 4.44. The average molecular weight is 999 g/mol. The molecule has 0 bridgehead atoms. The summed E-state index contributed by atoms with van der Waals surface area (Å²) in [5, 5.41) is 5.09. The Labute approximate surface area is 456 Å². The molecule has 0 unspecified atom stereocenters. The fraction of sp³-hybridized carbons (Fsp3) is 0.105. The van der Waals surface area contributed by atoms with Crippen molar-refractivity contribution in [1.29, 1.82) is 0 Å². The number of hydrogen-bond acceptors (Lipinski definition) is 0. The van der Waals surface area contributed by atoms with Crippen LogP contribution in [0.15, 0.2) is 231 Å². The van der Waals surface area contributed by atoms with Crippen molar-refractivity contribution in [2.45, 2.75) is 52.4 Å². The van der Waals surface area contributed by atoms with E-state index in [-0.39, 0.29) is 10.8 Å². The molecule has 2 heterocycles. The van der Waals surface area contributed by atoms with Gasteiger partial charge in [0.25, 0.3) is 0 Å². The molecule has 13 aromatic rings. The molecule has 0 saturated heterocycles. The minimum absolute atomic E-state index is 0.151. The van der Waals surface area contributed by atoms with Gasteiger partial charge >= 0.3 is 0 Å². The zero-order valence-corrected chi connectivity index (χ0v) is 45.0. The van der Waals surface area contributed by atoms with E-state index in [1.54, 1.807) is 0 Å². The number of rotatable bonds is 7. The van der Waals surface area contributed by atoms with Gasteiger partial charge in [-0.25, -0.2) is 0 Å². The summed E-state index contributed by atoms with van der Waals surface area (Å²) in [5.41, 5.74) is 30.4. The van der Waals surface area contributed by atoms with Crippen LogP contribution in [0.5, 0.6) is 0 Å². The van der Waals surface area contributed by atoms with Crippen LogP contribution in [0.3, 0.4) is 0 Å². The van der Waals surface area contributed by atoms with Crippen molar-refractivity contribution < 1.29 is 0 Å². The third-order valence-electron chi connectivity index (χ3n) is 17.6. The monoisotopic (exact) mass is 998 g/mol. The standard InChI is InChI=1S/C76H58N2/c1-47-38-48(2)40-58(39-47)78-72-19-13-11-17-62(72)66-42-54(33-37-74(66)78)56-31-35-60-64-46-69-63(45-70(64)76(5,6)68(60)44-56)59-34-30-55(43-67(59)75(69,3)4)52-28-24-50(25-29-52)21-20-49-22-26-51(27-23-49)53-32-36-73-65(41-53)61-16-10-12-18-71(61)77(73)57-14-8-7-9-15-57/h7-46H,1-6H3/b21-20+. The van der Waals surface area contributed by atoms with E-state index in [4.69, 9.17) is 0 Å². The summed E-state index contributed by atoms with van der Waals surface area (Å²) < 4.78 is 4.80. The molecule has 0 radical (unpaired) electrons. The van der Waals surface area contributed by atoms with Crippen LogP contribution in [0.25, 0.3) is 123 Å². The molecule has 0 aliphatic heterocycles. The van der Waals surface area contributed by atoms with Crippen molar-refractivity contribution in [1.82, 2.24) is 9.13 Å². The van der Waals surface area contributed by atoms with E-state index >= 15 is 0 Å². The molecule has 372 valence electrons. The lowest BCUT2D eigenvalue weighted by Gasteiger charge is -2.24. The molecule has 2 heteroatoms. The Morgan fingerprint density at radius 3 is 1.15 bits per heavy atom. The summed E-state index contributed by atoms with van der Waals surface area (Å²) in [7, 11) is 0. The highest BCUT2D eigenvalue weighted by molar-refractivity contribution is 6.12. The summed E-state index contributed by atoms with van der Waals surface area (Å²) in [6, 6.07) is 86.4. The van der Waals surface area contributed by atoms with E-state index in [1.165, 1.54) is 155 Å². The molecule has 2 aliphatic rings. The van der Waals surface area contributed by atoms with Crippen LogP contribution in [0, 0.1) is 13.8 Å². The lowest BCUT2D eigenvalue weighted by molar-refractivity contribution is 0.652. The maximum Gasteiger partial charge on any atom is 0.0541 e. The molecule has 0 fully saturated rings. The minimum atomic E-state index is -0.159. The second-order valence-electron chi connectivity index (χ2n) is 23.1. The number of fused-ring (bicyclic) bond motifs is 12. The van der Waals surface area contributed by atoms with Gasteiger partial charge in [-0.2, -0.15) is 0 Å². The van der Waals surface area contributed by atoms with E-state index in [9.17, 15) is 0 Å². The van der Waals surface area contributed by atoms with Gasteiger partial charge in [0.05, 0.1) is 22.1 Å². The molecule has 0 spiro atoms. The van der Waals surface area contributed by atoms with Crippen LogP contribution >= 0.6 is 0 Å². The largest absolute Gasteiger partial charge is 0.309 e. The van der Waals surface area contributed by atoms with Crippen LogP contribution in [0.2, 0.25) is 0 Å². The van der Waals surface area contributed by atoms with Crippen molar-refractivity contribution in [3.63, 3.8) is 0 Å². The number of benzene rings is 11. The molecule has 0 N–H and O–H groups in total. The summed E-state index contributed by atoms with van der Waals surface area (Å²) in [5.74, 6) is 0. The normalized spacial score (nSPS) is 13.9. The second kappa shape index (κ2) is 17.1. The summed E-state index contributed by atoms with van der Waals surface area (Å²) >= 11 is 0. The zero-order chi connectivity index (χ0) is 52.6. The van der Waals surface area contributed by atoms with Gasteiger partial charge in [-0.05, 0) is 199 Å². The first-order valence-corrected chi connectivity index (χ1v) is 27.5. The zero-order valence-electron chi connectivity index (χ0n) is 45.0. The smallest absolute Gasteiger partial charge is 0.0541 e. The van der Waals surface area contributed by atoms with Gasteiger partial charge in [0.1, 0.15) is 0 Å². The second-order valence-corrected chi connectivity index (χ2v) is 23.1. The van der Waals surface area contributed by atoms with Crippen molar-refractivity contribution >= 4 is 55.8 Å². The van der Waals surface area contributed by atoms with Crippen molar-refractivity contribution in [3.8, 4) is 67.0 Å². The van der Waals surface area contributed by atoms with Crippen LogP contribution < -0.4 is 0 Å². The van der Waals surface area contributed by atoms with Gasteiger partial charge in [-0.1, -0.05) is 185 Å². The first-order valence-electron chi connectivity index (χ1n) is 27.5. The van der Waals surface area contributed by atoms with E-state index in [2.05, 4.69) is 293 Å². The number of hydrogen-bond donors (Lipinski definition) is 0.